The molecule has 0 aromatic carbocycles. The summed E-state index contributed by atoms with van der Waals surface area (Å²) in [5, 5.41) is 8.68. The first-order chi connectivity index (χ1) is 12.3. The summed E-state index contributed by atoms with van der Waals surface area (Å²) in [7, 11) is 0. The van der Waals surface area contributed by atoms with Crippen molar-refractivity contribution in [3.63, 3.8) is 0 Å². The maximum absolute atomic E-state index is 12.8. The first-order valence-corrected chi connectivity index (χ1v) is 8.53. The highest BCUT2D eigenvalue weighted by molar-refractivity contribution is 6.07. The SMILES string of the molecule is C=C(C)C(=O)OCC12C=C[C@@H](O1)C1C(=O)N(CCCCC(=O)O)C(=O)C12. The number of fused-ring (bicyclic) bond motifs is 5. The molecule has 2 saturated heterocycles. The Bertz CT molecular complexity index is 712. The molecule has 3 unspecified atom stereocenters. The van der Waals surface area contributed by atoms with Gasteiger partial charge in [0.1, 0.15) is 12.2 Å². The van der Waals surface area contributed by atoms with Crippen LogP contribution in [0.5, 0.6) is 0 Å². The molecule has 3 rings (SSSR count). The zero-order valence-electron chi connectivity index (χ0n) is 14.5. The number of carbonyl (C=O) groups is 4. The Labute approximate surface area is 150 Å². The van der Waals surface area contributed by atoms with Gasteiger partial charge in [0.05, 0.1) is 17.9 Å². The summed E-state index contributed by atoms with van der Waals surface area (Å²) in [5.74, 6) is -3.48. The van der Waals surface area contributed by atoms with Crippen molar-refractivity contribution in [2.75, 3.05) is 13.2 Å². The highest BCUT2D eigenvalue weighted by atomic mass is 16.6. The molecular weight excluding hydrogens is 342 g/mol. The van der Waals surface area contributed by atoms with E-state index in [9.17, 15) is 19.2 Å². The lowest BCUT2D eigenvalue weighted by Crippen LogP contribution is -2.44. The monoisotopic (exact) mass is 363 g/mol. The number of ether oxygens (including phenoxy) is 2. The van der Waals surface area contributed by atoms with E-state index in [2.05, 4.69) is 6.58 Å². The number of hydrogen-bond donors (Lipinski definition) is 1. The van der Waals surface area contributed by atoms with Crippen molar-refractivity contribution in [3.8, 4) is 0 Å². The maximum atomic E-state index is 12.8. The van der Waals surface area contributed by atoms with Crippen molar-refractivity contribution in [2.45, 2.75) is 37.9 Å². The maximum Gasteiger partial charge on any atom is 0.333 e. The van der Waals surface area contributed by atoms with Gasteiger partial charge in [-0.05, 0) is 25.8 Å². The summed E-state index contributed by atoms with van der Waals surface area (Å²) >= 11 is 0. The Morgan fingerprint density at radius 2 is 2.08 bits per heavy atom. The van der Waals surface area contributed by atoms with Crippen molar-refractivity contribution in [1.29, 1.82) is 0 Å². The van der Waals surface area contributed by atoms with E-state index < -0.39 is 35.5 Å². The Kier molecular flexibility index (Phi) is 4.70. The summed E-state index contributed by atoms with van der Waals surface area (Å²) in [6, 6.07) is 0. The molecule has 2 fully saturated rings. The van der Waals surface area contributed by atoms with Crippen LogP contribution in [0.2, 0.25) is 0 Å². The fraction of sp³-hybridized carbons (Fsp3) is 0.556. The summed E-state index contributed by atoms with van der Waals surface area (Å²) in [6.07, 6.45) is 3.74. The largest absolute Gasteiger partial charge is 0.481 e. The minimum Gasteiger partial charge on any atom is -0.481 e. The first kappa shape index (κ1) is 18.3. The average molecular weight is 363 g/mol. The summed E-state index contributed by atoms with van der Waals surface area (Å²) < 4.78 is 11.0. The van der Waals surface area contributed by atoms with Gasteiger partial charge in [-0.15, -0.1) is 0 Å². The summed E-state index contributed by atoms with van der Waals surface area (Å²) in [4.78, 5) is 48.9. The smallest absolute Gasteiger partial charge is 0.333 e. The quantitative estimate of drug-likeness (QED) is 0.222. The van der Waals surface area contributed by atoms with Crippen LogP contribution in [-0.4, -0.2) is 58.6 Å². The molecule has 3 heterocycles. The molecule has 140 valence electrons. The molecule has 2 amide bonds. The van der Waals surface area contributed by atoms with Crippen LogP contribution in [0.3, 0.4) is 0 Å². The van der Waals surface area contributed by atoms with E-state index >= 15 is 0 Å². The number of likely N-dealkylation sites (tertiary alicyclic amines) is 1. The lowest BCUT2D eigenvalue weighted by atomic mass is 9.77. The minimum atomic E-state index is -1.12. The van der Waals surface area contributed by atoms with Gasteiger partial charge in [0, 0.05) is 18.5 Å². The molecule has 2 bridgehead atoms. The predicted molar refractivity (Wildman–Crippen MR) is 87.7 cm³/mol. The Hall–Kier alpha value is -2.48. The van der Waals surface area contributed by atoms with Crippen LogP contribution in [0.15, 0.2) is 24.3 Å². The fourth-order valence-corrected chi connectivity index (χ4v) is 3.80. The van der Waals surface area contributed by atoms with Crippen LogP contribution in [0.4, 0.5) is 0 Å². The number of carboxylic acid groups (broad SMARTS) is 1. The summed E-state index contributed by atoms with van der Waals surface area (Å²) in [5.41, 5.74) is -0.883. The van der Waals surface area contributed by atoms with Gasteiger partial charge in [-0.2, -0.15) is 0 Å². The Morgan fingerprint density at radius 3 is 2.73 bits per heavy atom. The zero-order chi connectivity index (χ0) is 19.1. The molecule has 4 atom stereocenters. The lowest BCUT2D eigenvalue weighted by molar-refractivity contribution is -0.153. The number of carboxylic acids is 1. The lowest BCUT2D eigenvalue weighted by Gasteiger charge is -2.28. The van der Waals surface area contributed by atoms with Gasteiger partial charge in [0.15, 0.2) is 0 Å². The number of carbonyl (C=O) groups excluding carboxylic acids is 3. The number of imide groups is 1. The number of rotatable bonds is 8. The van der Waals surface area contributed by atoms with E-state index in [1.165, 1.54) is 11.8 Å². The Balaban J connectivity index is 1.69. The van der Waals surface area contributed by atoms with Crippen molar-refractivity contribution < 1.29 is 33.8 Å². The number of hydrogen-bond acceptors (Lipinski definition) is 6. The fourth-order valence-electron chi connectivity index (χ4n) is 3.80. The van der Waals surface area contributed by atoms with Gasteiger partial charge in [-0.1, -0.05) is 12.7 Å². The molecule has 8 nitrogen and oxygen atoms in total. The van der Waals surface area contributed by atoms with Crippen LogP contribution < -0.4 is 0 Å². The molecule has 0 aliphatic carbocycles. The molecule has 0 spiro atoms. The number of unbranched alkanes of at least 4 members (excludes halogenated alkanes) is 1. The third-order valence-corrected chi connectivity index (χ3v) is 5.05. The van der Waals surface area contributed by atoms with Crippen molar-refractivity contribution in [1.82, 2.24) is 4.90 Å². The highest BCUT2D eigenvalue weighted by Crippen LogP contribution is 2.51. The molecule has 0 saturated carbocycles. The van der Waals surface area contributed by atoms with Gasteiger partial charge in [0.2, 0.25) is 11.8 Å². The molecule has 8 heteroatoms. The van der Waals surface area contributed by atoms with Gasteiger partial charge in [0.25, 0.3) is 0 Å². The molecule has 26 heavy (non-hydrogen) atoms. The normalized spacial score (nSPS) is 31.4. The zero-order valence-corrected chi connectivity index (χ0v) is 14.5. The predicted octanol–water partition coefficient (Wildman–Crippen LogP) is 0.669. The molecule has 0 aromatic rings. The second kappa shape index (κ2) is 6.68. The third-order valence-electron chi connectivity index (χ3n) is 5.05. The van der Waals surface area contributed by atoms with E-state index in [4.69, 9.17) is 14.6 Å². The van der Waals surface area contributed by atoms with Crippen molar-refractivity contribution >= 4 is 23.8 Å². The number of amides is 2. The van der Waals surface area contributed by atoms with E-state index in [-0.39, 0.29) is 37.0 Å². The van der Waals surface area contributed by atoms with Crippen molar-refractivity contribution in [2.24, 2.45) is 11.8 Å². The first-order valence-electron chi connectivity index (χ1n) is 8.53. The summed E-state index contributed by atoms with van der Waals surface area (Å²) in [6.45, 7) is 5.07. The van der Waals surface area contributed by atoms with E-state index in [0.29, 0.717) is 12.8 Å². The second-order valence-corrected chi connectivity index (χ2v) is 6.94. The van der Waals surface area contributed by atoms with Crippen LogP contribution in [-0.2, 0) is 28.7 Å². The molecule has 0 radical (unpaired) electrons. The minimum absolute atomic E-state index is 0.00281. The molecule has 0 aromatic heterocycles. The molecular formula is C18H21NO7. The number of nitrogens with zero attached hydrogens (tertiary/aromatic N) is 1. The third kappa shape index (κ3) is 2.94. The van der Waals surface area contributed by atoms with Crippen LogP contribution in [0, 0.1) is 11.8 Å². The van der Waals surface area contributed by atoms with Gasteiger partial charge >= 0.3 is 11.9 Å². The second-order valence-electron chi connectivity index (χ2n) is 6.94. The number of esters is 1. The molecule has 3 aliphatic rings. The van der Waals surface area contributed by atoms with Crippen LogP contribution in [0.1, 0.15) is 26.2 Å². The van der Waals surface area contributed by atoms with E-state index in [1.54, 1.807) is 12.2 Å². The van der Waals surface area contributed by atoms with E-state index in [0.717, 1.165) is 0 Å². The Morgan fingerprint density at radius 1 is 1.35 bits per heavy atom. The standard InChI is InChI=1S/C18H21NO7/c1-10(2)17(24)25-9-18-7-6-11(26-18)13-14(18)16(23)19(15(13)22)8-4-3-5-12(20)21/h6-7,11,13-14H,1,3-5,8-9H2,2H3,(H,20,21)/t11-,13?,14?,18?/m1/s1. The van der Waals surface area contributed by atoms with Crippen molar-refractivity contribution in [3.05, 3.63) is 24.3 Å². The van der Waals surface area contributed by atoms with Crippen LogP contribution >= 0.6 is 0 Å². The highest BCUT2D eigenvalue weighted by Gasteiger charge is 2.67. The topological polar surface area (TPSA) is 110 Å². The van der Waals surface area contributed by atoms with E-state index in [1.807, 2.05) is 0 Å². The number of aliphatic carboxylic acids is 1. The van der Waals surface area contributed by atoms with Crippen LogP contribution in [0.25, 0.3) is 0 Å². The average Bonchev–Trinajstić information content (AvgIpc) is 3.21. The van der Waals surface area contributed by atoms with Gasteiger partial charge in [-0.25, -0.2) is 4.79 Å². The molecule has 3 aliphatic heterocycles. The molecule has 1 N–H and O–H groups in total. The van der Waals surface area contributed by atoms with Gasteiger partial charge < -0.3 is 14.6 Å². The van der Waals surface area contributed by atoms with Gasteiger partial charge in [-0.3, -0.25) is 19.3 Å².